The molecule has 0 bridgehead atoms. The molecule has 0 aromatic heterocycles. The van der Waals surface area contributed by atoms with Crippen molar-refractivity contribution in [3.05, 3.63) is 35.4 Å². The van der Waals surface area contributed by atoms with Gasteiger partial charge >= 0.3 is 0 Å². The van der Waals surface area contributed by atoms with Gasteiger partial charge in [0.25, 0.3) is 0 Å². The van der Waals surface area contributed by atoms with E-state index < -0.39 is 5.60 Å². The first kappa shape index (κ1) is 8.77. The zero-order chi connectivity index (χ0) is 9.60. The average molecular weight is 207 g/mol. The van der Waals surface area contributed by atoms with Gasteiger partial charge in [0.1, 0.15) is 5.60 Å². The highest BCUT2D eigenvalue weighted by Gasteiger charge is 2.46. The average Bonchev–Trinajstić information content (AvgIpc) is 2.58. The Balaban J connectivity index is 1.97. The van der Waals surface area contributed by atoms with Crippen molar-refractivity contribution in [1.82, 2.24) is 5.32 Å². The van der Waals surface area contributed by atoms with Gasteiger partial charge < -0.3 is 10.4 Å². The third-order valence-electron chi connectivity index (χ3n) is 3.10. The van der Waals surface area contributed by atoms with Gasteiger partial charge in [-0.25, -0.2) is 0 Å². The largest absolute Gasteiger partial charge is 0.386 e. The molecule has 0 amide bonds. The van der Waals surface area contributed by atoms with Crippen LogP contribution in [0.4, 0.5) is 0 Å². The fourth-order valence-electron chi connectivity index (χ4n) is 2.26. The number of hydrogen-bond acceptors (Lipinski definition) is 3. The van der Waals surface area contributed by atoms with Gasteiger partial charge in [0.2, 0.25) is 0 Å². The van der Waals surface area contributed by atoms with Crippen LogP contribution in [-0.2, 0) is 6.54 Å². The van der Waals surface area contributed by atoms with Crippen LogP contribution in [0.3, 0.4) is 0 Å². The Bertz CT molecular complexity index is 362. The SMILES string of the molecule is OC1(C2NCc3ccccc32)CSC1. The van der Waals surface area contributed by atoms with Gasteiger partial charge in [-0.15, -0.1) is 0 Å². The van der Waals surface area contributed by atoms with E-state index in [1.807, 2.05) is 17.8 Å². The molecule has 74 valence electrons. The lowest BCUT2D eigenvalue weighted by atomic mass is 9.91. The van der Waals surface area contributed by atoms with Crippen LogP contribution < -0.4 is 5.32 Å². The maximum Gasteiger partial charge on any atom is 0.102 e. The molecule has 2 aliphatic heterocycles. The Morgan fingerprint density at radius 1 is 1.36 bits per heavy atom. The zero-order valence-electron chi connectivity index (χ0n) is 7.86. The highest BCUT2D eigenvalue weighted by molar-refractivity contribution is 8.00. The number of thioether (sulfide) groups is 1. The summed E-state index contributed by atoms with van der Waals surface area (Å²) in [7, 11) is 0. The molecular weight excluding hydrogens is 194 g/mol. The second kappa shape index (κ2) is 2.99. The first-order chi connectivity index (χ1) is 6.80. The van der Waals surface area contributed by atoms with Gasteiger partial charge in [0, 0.05) is 18.1 Å². The summed E-state index contributed by atoms with van der Waals surface area (Å²) in [4.78, 5) is 0. The Morgan fingerprint density at radius 3 is 2.86 bits per heavy atom. The molecule has 1 fully saturated rings. The van der Waals surface area contributed by atoms with Crippen LogP contribution in [0.15, 0.2) is 24.3 Å². The number of benzene rings is 1. The number of nitrogens with one attached hydrogen (secondary N) is 1. The van der Waals surface area contributed by atoms with Crippen molar-refractivity contribution in [1.29, 1.82) is 0 Å². The summed E-state index contributed by atoms with van der Waals surface area (Å²) in [6, 6.07) is 8.52. The third kappa shape index (κ3) is 1.13. The normalized spacial score (nSPS) is 28.2. The topological polar surface area (TPSA) is 32.3 Å². The van der Waals surface area contributed by atoms with E-state index in [1.54, 1.807) is 0 Å². The van der Waals surface area contributed by atoms with E-state index in [9.17, 15) is 5.11 Å². The Kier molecular flexibility index (Phi) is 1.87. The molecule has 2 nitrogen and oxygen atoms in total. The Hall–Kier alpha value is -0.510. The van der Waals surface area contributed by atoms with Gasteiger partial charge in [0.05, 0.1) is 6.04 Å². The molecule has 1 unspecified atom stereocenters. The van der Waals surface area contributed by atoms with Crippen LogP contribution in [0.1, 0.15) is 17.2 Å². The smallest absolute Gasteiger partial charge is 0.102 e. The van der Waals surface area contributed by atoms with Crippen molar-refractivity contribution in [3.63, 3.8) is 0 Å². The molecule has 0 aliphatic carbocycles. The lowest BCUT2D eigenvalue weighted by Crippen LogP contribution is -2.51. The van der Waals surface area contributed by atoms with E-state index >= 15 is 0 Å². The molecule has 1 atom stereocenters. The lowest BCUT2D eigenvalue weighted by molar-refractivity contribution is 0.0395. The van der Waals surface area contributed by atoms with E-state index in [-0.39, 0.29) is 6.04 Å². The quantitative estimate of drug-likeness (QED) is 0.728. The van der Waals surface area contributed by atoms with Crippen molar-refractivity contribution >= 4 is 11.8 Å². The molecule has 1 saturated heterocycles. The molecule has 2 aliphatic rings. The van der Waals surface area contributed by atoms with Crippen LogP contribution in [0, 0.1) is 0 Å². The molecule has 0 spiro atoms. The summed E-state index contributed by atoms with van der Waals surface area (Å²) in [5.41, 5.74) is 2.12. The van der Waals surface area contributed by atoms with Crippen molar-refractivity contribution in [2.24, 2.45) is 0 Å². The maximum atomic E-state index is 10.3. The summed E-state index contributed by atoms with van der Waals surface area (Å²) in [6.07, 6.45) is 0. The second-order valence-electron chi connectivity index (χ2n) is 4.11. The van der Waals surface area contributed by atoms with Crippen molar-refractivity contribution in [2.45, 2.75) is 18.2 Å². The minimum Gasteiger partial charge on any atom is -0.386 e. The Morgan fingerprint density at radius 2 is 2.14 bits per heavy atom. The van der Waals surface area contributed by atoms with E-state index in [0.717, 1.165) is 18.1 Å². The second-order valence-corrected chi connectivity index (χ2v) is 5.09. The number of hydrogen-bond donors (Lipinski definition) is 2. The van der Waals surface area contributed by atoms with Crippen LogP contribution in [-0.4, -0.2) is 22.2 Å². The van der Waals surface area contributed by atoms with Crippen molar-refractivity contribution in [2.75, 3.05) is 11.5 Å². The first-order valence-electron chi connectivity index (χ1n) is 4.91. The predicted octanol–water partition coefficient (Wildman–Crippen LogP) is 1.31. The molecule has 0 saturated carbocycles. The minimum atomic E-state index is -0.503. The van der Waals surface area contributed by atoms with Crippen LogP contribution in [0.2, 0.25) is 0 Å². The van der Waals surface area contributed by atoms with E-state index in [1.165, 1.54) is 11.1 Å². The fraction of sp³-hybridized carbons (Fsp3) is 0.455. The van der Waals surface area contributed by atoms with Gasteiger partial charge in [-0.05, 0) is 11.1 Å². The third-order valence-corrected chi connectivity index (χ3v) is 4.51. The first-order valence-corrected chi connectivity index (χ1v) is 6.06. The van der Waals surface area contributed by atoms with Gasteiger partial charge in [0.15, 0.2) is 0 Å². The van der Waals surface area contributed by atoms with E-state index in [4.69, 9.17) is 0 Å². The number of rotatable bonds is 1. The molecule has 2 heterocycles. The highest BCUT2D eigenvalue weighted by Crippen LogP contribution is 2.42. The molecule has 3 heteroatoms. The molecule has 0 radical (unpaired) electrons. The summed E-state index contributed by atoms with van der Waals surface area (Å²) >= 11 is 1.82. The van der Waals surface area contributed by atoms with Crippen LogP contribution in [0.5, 0.6) is 0 Å². The molecule has 1 aromatic carbocycles. The molecule has 1 aromatic rings. The minimum absolute atomic E-state index is 0.153. The summed E-state index contributed by atoms with van der Waals surface area (Å²) in [5.74, 6) is 1.72. The van der Waals surface area contributed by atoms with E-state index in [2.05, 4.69) is 23.5 Å². The lowest BCUT2D eigenvalue weighted by Gasteiger charge is -2.41. The molecule has 3 rings (SSSR count). The monoisotopic (exact) mass is 207 g/mol. The predicted molar refractivity (Wildman–Crippen MR) is 58.3 cm³/mol. The number of aliphatic hydroxyl groups is 1. The molecule has 14 heavy (non-hydrogen) atoms. The van der Waals surface area contributed by atoms with Crippen molar-refractivity contribution < 1.29 is 5.11 Å². The van der Waals surface area contributed by atoms with Crippen LogP contribution in [0.25, 0.3) is 0 Å². The zero-order valence-corrected chi connectivity index (χ0v) is 8.68. The maximum absolute atomic E-state index is 10.3. The Labute approximate surface area is 87.7 Å². The van der Waals surface area contributed by atoms with Gasteiger partial charge in [-0.1, -0.05) is 24.3 Å². The molecule has 2 N–H and O–H groups in total. The standard InChI is InChI=1S/C11H13NOS/c13-11(6-14-7-11)10-9-4-2-1-3-8(9)5-12-10/h1-4,10,12-13H,5-7H2. The van der Waals surface area contributed by atoms with Gasteiger partial charge in [-0.3, -0.25) is 0 Å². The summed E-state index contributed by atoms with van der Waals surface area (Å²) < 4.78 is 0. The number of fused-ring (bicyclic) bond motifs is 1. The highest BCUT2D eigenvalue weighted by atomic mass is 32.2. The fourth-order valence-corrected chi connectivity index (χ4v) is 3.21. The summed E-state index contributed by atoms with van der Waals surface area (Å²) in [6.45, 7) is 0.897. The van der Waals surface area contributed by atoms with E-state index in [0.29, 0.717) is 0 Å². The van der Waals surface area contributed by atoms with Gasteiger partial charge in [-0.2, -0.15) is 11.8 Å². The summed E-state index contributed by atoms with van der Waals surface area (Å²) in [5, 5.41) is 13.7. The van der Waals surface area contributed by atoms with Crippen molar-refractivity contribution in [3.8, 4) is 0 Å². The molecular formula is C11H13NOS. The van der Waals surface area contributed by atoms with Crippen LogP contribution >= 0.6 is 11.8 Å².